The Kier molecular flexibility index (Phi) is 7.25. The quantitative estimate of drug-likeness (QED) is 0.673. The van der Waals surface area contributed by atoms with Crippen LogP contribution in [0.4, 0.5) is 0 Å². The third-order valence-electron chi connectivity index (χ3n) is 7.66. The molecule has 1 aliphatic heterocycles. The summed E-state index contributed by atoms with van der Waals surface area (Å²) in [5.74, 6) is 0.941. The van der Waals surface area contributed by atoms with Gasteiger partial charge >= 0.3 is 0 Å². The number of halogens is 2. The van der Waals surface area contributed by atoms with Gasteiger partial charge in [-0.15, -0.1) is 0 Å². The lowest BCUT2D eigenvalue weighted by Crippen LogP contribution is -2.60. The van der Waals surface area contributed by atoms with Gasteiger partial charge in [0.15, 0.2) is 0 Å². The first-order valence-corrected chi connectivity index (χ1v) is 12.2. The van der Waals surface area contributed by atoms with Gasteiger partial charge in [0, 0.05) is 31.0 Å². The van der Waals surface area contributed by atoms with Gasteiger partial charge in [0.25, 0.3) is 0 Å². The predicted octanol–water partition coefficient (Wildman–Crippen LogP) is 4.42. The monoisotopic (exact) mass is 490 g/mol. The number of hydrogen-bond acceptors (Lipinski definition) is 4. The number of nitrogens with zero attached hydrogens (tertiary/aromatic N) is 2. The van der Waals surface area contributed by atoms with E-state index < -0.39 is 6.10 Å². The van der Waals surface area contributed by atoms with E-state index in [2.05, 4.69) is 24.1 Å². The Hall–Kier alpha value is -1.79. The highest BCUT2D eigenvalue weighted by Crippen LogP contribution is 2.50. The number of methoxy groups -OCH3 is 1. The van der Waals surface area contributed by atoms with E-state index in [9.17, 15) is 9.90 Å². The highest BCUT2D eigenvalue weighted by atomic mass is 35.5. The van der Waals surface area contributed by atoms with Crippen LogP contribution in [0.15, 0.2) is 42.5 Å². The van der Waals surface area contributed by atoms with E-state index in [1.165, 1.54) is 5.56 Å². The molecule has 0 bridgehead atoms. The standard InChI is InChI=1S/C26H32Cl2N2O3/c1-29-10-9-26(18-5-4-6-20(13-18)33-3)15-19(14-24(31)21(26)16-29)30(2)25(32)12-17-7-8-22(27)23(28)11-17/h4-8,11,13,19,21,24,31H,9-10,12,14-16H2,1-3H3/t19-,21-,24?,26-/m0/s1. The maximum Gasteiger partial charge on any atom is 0.226 e. The van der Waals surface area contributed by atoms with Gasteiger partial charge in [-0.25, -0.2) is 0 Å². The minimum atomic E-state index is -0.488. The van der Waals surface area contributed by atoms with Crippen molar-refractivity contribution in [3.05, 3.63) is 63.6 Å². The average Bonchev–Trinajstić information content (AvgIpc) is 2.81. The van der Waals surface area contributed by atoms with Crippen molar-refractivity contribution >= 4 is 29.1 Å². The normalized spacial score (nSPS) is 27.6. The molecule has 4 rings (SSSR count). The maximum absolute atomic E-state index is 13.2. The number of benzene rings is 2. The Morgan fingerprint density at radius 3 is 2.76 bits per heavy atom. The summed E-state index contributed by atoms with van der Waals surface area (Å²) in [6.07, 6.45) is 2.09. The molecule has 5 nitrogen and oxygen atoms in total. The van der Waals surface area contributed by atoms with E-state index in [-0.39, 0.29) is 29.7 Å². The molecule has 2 fully saturated rings. The van der Waals surface area contributed by atoms with Gasteiger partial charge in [0.05, 0.1) is 29.7 Å². The van der Waals surface area contributed by atoms with Crippen molar-refractivity contribution in [1.29, 1.82) is 0 Å². The molecule has 2 aliphatic rings. The lowest BCUT2D eigenvalue weighted by Gasteiger charge is -2.55. The number of rotatable bonds is 5. The second-order valence-electron chi connectivity index (χ2n) is 9.60. The zero-order chi connectivity index (χ0) is 23.8. The summed E-state index contributed by atoms with van der Waals surface area (Å²) in [4.78, 5) is 17.3. The third-order valence-corrected chi connectivity index (χ3v) is 8.40. The molecule has 178 valence electrons. The summed E-state index contributed by atoms with van der Waals surface area (Å²) < 4.78 is 5.51. The molecule has 0 spiro atoms. The molecule has 0 radical (unpaired) electrons. The molecule has 2 aromatic carbocycles. The summed E-state index contributed by atoms with van der Waals surface area (Å²) in [5.41, 5.74) is 1.81. The molecule has 33 heavy (non-hydrogen) atoms. The Bertz CT molecular complexity index is 1020. The van der Waals surface area contributed by atoms with Crippen molar-refractivity contribution in [2.45, 2.75) is 43.2 Å². The highest BCUT2D eigenvalue weighted by molar-refractivity contribution is 6.42. The van der Waals surface area contributed by atoms with E-state index >= 15 is 0 Å². The number of likely N-dealkylation sites (tertiary alicyclic amines) is 1. The van der Waals surface area contributed by atoms with Crippen molar-refractivity contribution in [3.63, 3.8) is 0 Å². The third kappa shape index (κ3) is 4.88. The van der Waals surface area contributed by atoms with Gasteiger partial charge < -0.3 is 19.6 Å². The Labute approximate surface area is 206 Å². The molecule has 1 amide bonds. The van der Waals surface area contributed by atoms with Crippen LogP contribution < -0.4 is 4.74 Å². The van der Waals surface area contributed by atoms with Crippen LogP contribution in [0.5, 0.6) is 5.75 Å². The van der Waals surface area contributed by atoms with Gasteiger partial charge in [-0.05, 0) is 68.2 Å². The van der Waals surface area contributed by atoms with Gasteiger partial charge in [-0.2, -0.15) is 0 Å². The lowest BCUT2D eigenvalue weighted by atomic mass is 9.57. The van der Waals surface area contributed by atoms with Crippen LogP contribution in [-0.4, -0.2) is 67.3 Å². The molecule has 1 saturated carbocycles. The number of carbonyl (C=O) groups excluding carboxylic acids is 1. The number of likely N-dealkylation sites (N-methyl/N-ethyl adjacent to an activating group) is 1. The fraction of sp³-hybridized carbons (Fsp3) is 0.500. The zero-order valence-corrected chi connectivity index (χ0v) is 20.9. The molecule has 1 N–H and O–H groups in total. The van der Waals surface area contributed by atoms with Crippen molar-refractivity contribution in [2.75, 3.05) is 34.3 Å². The van der Waals surface area contributed by atoms with Crippen molar-refractivity contribution < 1.29 is 14.6 Å². The Morgan fingerprint density at radius 1 is 1.24 bits per heavy atom. The van der Waals surface area contributed by atoms with Crippen LogP contribution >= 0.6 is 23.2 Å². The van der Waals surface area contributed by atoms with E-state index in [4.69, 9.17) is 27.9 Å². The van der Waals surface area contributed by atoms with Crippen LogP contribution in [-0.2, 0) is 16.6 Å². The van der Waals surface area contributed by atoms with E-state index in [1.54, 1.807) is 19.2 Å². The fourth-order valence-corrected chi connectivity index (χ4v) is 6.05. The van der Waals surface area contributed by atoms with E-state index in [1.807, 2.05) is 30.1 Å². The predicted molar refractivity (Wildman–Crippen MR) is 132 cm³/mol. The SMILES string of the molecule is COc1cccc([C@@]23CCN(C)C[C@H]2C(O)C[C@H](N(C)C(=O)Cc2ccc(Cl)c(Cl)c2)C3)c1. The van der Waals surface area contributed by atoms with Crippen molar-refractivity contribution in [3.8, 4) is 5.75 Å². The van der Waals surface area contributed by atoms with Crippen molar-refractivity contribution in [1.82, 2.24) is 9.80 Å². The second kappa shape index (κ2) is 9.83. The van der Waals surface area contributed by atoms with Crippen LogP contribution in [0.3, 0.4) is 0 Å². The molecule has 1 heterocycles. The molecule has 4 atom stereocenters. The average molecular weight is 491 g/mol. The molecular weight excluding hydrogens is 459 g/mol. The van der Waals surface area contributed by atoms with Crippen LogP contribution in [0.1, 0.15) is 30.4 Å². The Morgan fingerprint density at radius 2 is 2.03 bits per heavy atom. The summed E-state index contributed by atoms with van der Waals surface area (Å²) in [6.45, 7) is 1.79. The van der Waals surface area contributed by atoms with Gasteiger partial charge in [0.1, 0.15) is 5.75 Å². The first-order valence-electron chi connectivity index (χ1n) is 11.4. The largest absolute Gasteiger partial charge is 0.497 e. The number of fused-ring (bicyclic) bond motifs is 1. The summed E-state index contributed by atoms with van der Waals surface area (Å²) in [5, 5.41) is 12.2. The number of aliphatic hydroxyl groups excluding tert-OH is 1. The van der Waals surface area contributed by atoms with Crippen LogP contribution in [0, 0.1) is 5.92 Å². The van der Waals surface area contributed by atoms with E-state index in [0.29, 0.717) is 16.5 Å². The number of carbonyl (C=O) groups is 1. The number of amides is 1. The first kappa shape index (κ1) is 24.3. The molecule has 0 aromatic heterocycles. The summed E-state index contributed by atoms with van der Waals surface area (Å²) in [7, 11) is 5.64. The summed E-state index contributed by atoms with van der Waals surface area (Å²) >= 11 is 12.2. The minimum absolute atomic E-state index is 0.0118. The molecule has 1 aliphatic carbocycles. The van der Waals surface area contributed by atoms with Gasteiger partial charge in [0.2, 0.25) is 5.91 Å². The molecule has 1 unspecified atom stereocenters. The maximum atomic E-state index is 13.2. The summed E-state index contributed by atoms with van der Waals surface area (Å²) in [6, 6.07) is 13.5. The van der Waals surface area contributed by atoms with E-state index in [0.717, 1.165) is 37.2 Å². The van der Waals surface area contributed by atoms with Crippen LogP contribution in [0.2, 0.25) is 10.0 Å². The number of ether oxygens (including phenoxy) is 1. The Balaban J connectivity index is 1.61. The topological polar surface area (TPSA) is 53.0 Å². The minimum Gasteiger partial charge on any atom is -0.497 e. The second-order valence-corrected chi connectivity index (χ2v) is 10.4. The molecule has 2 aromatic rings. The van der Waals surface area contributed by atoms with Crippen LogP contribution in [0.25, 0.3) is 0 Å². The number of aliphatic hydroxyl groups is 1. The smallest absolute Gasteiger partial charge is 0.226 e. The first-order chi connectivity index (χ1) is 15.7. The molecule has 1 saturated heterocycles. The number of piperidine rings is 1. The zero-order valence-electron chi connectivity index (χ0n) is 19.4. The highest BCUT2D eigenvalue weighted by Gasteiger charge is 2.52. The number of hydrogen-bond donors (Lipinski definition) is 1. The van der Waals surface area contributed by atoms with Gasteiger partial charge in [-0.3, -0.25) is 4.79 Å². The fourth-order valence-electron chi connectivity index (χ4n) is 5.72. The molecule has 7 heteroatoms. The molecular formula is C26H32Cl2N2O3. The lowest BCUT2D eigenvalue weighted by molar-refractivity contribution is -0.135. The van der Waals surface area contributed by atoms with Crippen molar-refractivity contribution in [2.24, 2.45) is 5.92 Å². The van der Waals surface area contributed by atoms with Gasteiger partial charge in [-0.1, -0.05) is 41.4 Å².